The van der Waals surface area contributed by atoms with Crippen LogP contribution in [0.15, 0.2) is 23.4 Å². The topological polar surface area (TPSA) is 77.1 Å². The van der Waals surface area contributed by atoms with Crippen LogP contribution in [0.2, 0.25) is 0 Å². The van der Waals surface area contributed by atoms with Crippen LogP contribution in [0, 0.1) is 0 Å². The fourth-order valence-corrected chi connectivity index (χ4v) is 1.46. The van der Waals surface area contributed by atoms with Crippen molar-refractivity contribution in [2.24, 2.45) is 10.9 Å². The van der Waals surface area contributed by atoms with Gasteiger partial charge in [0.15, 0.2) is 5.84 Å². The molecule has 0 spiro atoms. The van der Waals surface area contributed by atoms with E-state index in [9.17, 15) is 0 Å². The van der Waals surface area contributed by atoms with Gasteiger partial charge in [-0.05, 0) is 31.0 Å². The van der Waals surface area contributed by atoms with Crippen LogP contribution in [0.3, 0.4) is 0 Å². The second kappa shape index (κ2) is 6.86. The maximum atomic E-state index is 8.73. The zero-order valence-corrected chi connectivity index (χ0v) is 11.0. The molecule has 0 radical (unpaired) electrons. The molecule has 0 amide bonds. The van der Waals surface area contributed by atoms with E-state index in [1.807, 2.05) is 13.0 Å². The van der Waals surface area contributed by atoms with Crippen LogP contribution in [0.4, 0.5) is 0 Å². The summed E-state index contributed by atoms with van der Waals surface area (Å²) in [5.41, 5.74) is 7.12. The van der Waals surface area contributed by atoms with Crippen molar-refractivity contribution in [1.29, 1.82) is 0 Å². The number of hydrogen-bond donors (Lipinski definition) is 2. The zero-order chi connectivity index (χ0) is 13.5. The van der Waals surface area contributed by atoms with Crippen molar-refractivity contribution in [1.82, 2.24) is 0 Å². The molecule has 5 nitrogen and oxygen atoms in total. The van der Waals surface area contributed by atoms with Crippen molar-refractivity contribution in [3.63, 3.8) is 0 Å². The Morgan fingerprint density at radius 2 is 2.22 bits per heavy atom. The average molecular weight is 252 g/mol. The Hall–Kier alpha value is -1.75. The minimum Gasteiger partial charge on any atom is -0.496 e. The van der Waals surface area contributed by atoms with Crippen LogP contribution < -0.4 is 10.5 Å². The third-order valence-corrected chi connectivity index (χ3v) is 2.76. The predicted octanol–water partition coefficient (Wildman–Crippen LogP) is 2.10. The van der Waals surface area contributed by atoms with E-state index in [1.165, 1.54) is 0 Å². The summed E-state index contributed by atoms with van der Waals surface area (Å²) in [6.07, 6.45) is 1.17. The van der Waals surface area contributed by atoms with Crippen molar-refractivity contribution < 1.29 is 14.7 Å². The van der Waals surface area contributed by atoms with E-state index in [-0.39, 0.29) is 11.9 Å². The number of nitrogens with zero attached hydrogens (tertiary/aromatic N) is 1. The lowest BCUT2D eigenvalue weighted by Crippen LogP contribution is -2.15. The molecule has 0 aliphatic carbocycles. The van der Waals surface area contributed by atoms with Crippen LogP contribution in [0.1, 0.15) is 31.4 Å². The number of amidine groups is 1. The largest absolute Gasteiger partial charge is 0.496 e. The summed E-state index contributed by atoms with van der Waals surface area (Å²) in [7, 11) is 1.54. The van der Waals surface area contributed by atoms with Gasteiger partial charge in [0.05, 0.1) is 25.4 Å². The Morgan fingerprint density at radius 3 is 2.78 bits per heavy atom. The quantitative estimate of drug-likeness (QED) is 0.352. The van der Waals surface area contributed by atoms with E-state index < -0.39 is 0 Å². The summed E-state index contributed by atoms with van der Waals surface area (Å²) in [6, 6.07) is 5.48. The van der Waals surface area contributed by atoms with Crippen molar-refractivity contribution in [2.45, 2.75) is 33.0 Å². The van der Waals surface area contributed by atoms with Crippen LogP contribution in [-0.4, -0.2) is 24.3 Å². The minimum absolute atomic E-state index is 0.0252. The number of nitrogens with two attached hydrogens (primary N) is 1. The van der Waals surface area contributed by atoms with Gasteiger partial charge in [-0.15, -0.1) is 0 Å². The van der Waals surface area contributed by atoms with Gasteiger partial charge in [-0.3, -0.25) is 0 Å². The first kappa shape index (κ1) is 14.3. The van der Waals surface area contributed by atoms with Gasteiger partial charge < -0.3 is 20.4 Å². The zero-order valence-electron chi connectivity index (χ0n) is 11.0. The smallest absolute Gasteiger partial charge is 0.173 e. The van der Waals surface area contributed by atoms with Crippen molar-refractivity contribution in [2.75, 3.05) is 7.11 Å². The van der Waals surface area contributed by atoms with E-state index in [0.717, 1.165) is 12.0 Å². The first-order valence-electron chi connectivity index (χ1n) is 5.88. The number of rotatable bonds is 6. The highest BCUT2D eigenvalue weighted by atomic mass is 16.5. The fourth-order valence-electron chi connectivity index (χ4n) is 1.46. The van der Waals surface area contributed by atoms with E-state index in [0.29, 0.717) is 17.9 Å². The fraction of sp³-hybridized carbons (Fsp3) is 0.462. The molecule has 0 aromatic heterocycles. The van der Waals surface area contributed by atoms with Crippen molar-refractivity contribution in [3.8, 4) is 5.75 Å². The molecular formula is C13H20N2O3. The SMILES string of the molecule is CCC(C)OCc1ccc(OC)c(C(N)=NO)c1. The molecule has 1 aromatic rings. The molecule has 5 heteroatoms. The van der Waals surface area contributed by atoms with Gasteiger partial charge in [-0.25, -0.2) is 0 Å². The molecule has 1 unspecified atom stereocenters. The first-order valence-corrected chi connectivity index (χ1v) is 5.88. The molecule has 1 atom stereocenters. The molecule has 100 valence electrons. The van der Waals surface area contributed by atoms with Crippen LogP contribution in [0.5, 0.6) is 5.75 Å². The number of methoxy groups -OCH3 is 1. The molecule has 0 fully saturated rings. The Bertz CT molecular complexity index is 419. The Morgan fingerprint density at radius 1 is 1.50 bits per heavy atom. The highest BCUT2D eigenvalue weighted by Gasteiger charge is 2.09. The van der Waals surface area contributed by atoms with Gasteiger partial charge in [0, 0.05) is 0 Å². The molecule has 3 N–H and O–H groups in total. The summed E-state index contributed by atoms with van der Waals surface area (Å²) in [4.78, 5) is 0. The molecule has 0 saturated carbocycles. The molecule has 0 bridgehead atoms. The predicted molar refractivity (Wildman–Crippen MR) is 70.0 cm³/mol. The highest BCUT2D eigenvalue weighted by Crippen LogP contribution is 2.20. The molecule has 1 rings (SSSR count). The highest BCUT2D eigenvalue weighted by molar-refractivity contribution is 5.99. The normalized spacial score (nSPS) is 13.4. The Kier molecular flexibility index (Phi) is 5.45. The molecular weight excluding hydrogens is 232 g/mol. The molecule has 0 heterocycles. The Balaban J connectivity index is 2.89. The summed E-state index contributed by atoms with van der Waals surface area (Å²) in [6.45, 7) is 4.58. The van der Waals surface area contributed by atoms with E-state index in [2.05, 4.69) is 12.1 Å². The van der Waals surface area contributed by atoms with Crippen LogP contribution in [0.25, 0.3) is 0 Å². The number of oxime groups is 1. The molecule has 1 aromatic carbocycles. The average Bonchev–Trinajstić information content (AvgIpc) is 2.43. The van der Waals surface area contributed by atoms with Gasteiger partial charge in [-0.1, -0.05) is 18.1 Å². The molecule has 0 saturated heterocycles. The lowest BCUT2D eigenvalue weighted by atomic mass is 10.1. The summed E-state index contributed by atoms with van der Waals surface area (Å²) < 4.78 is 10.8. The summed E-state index contributed by atoms with van der Waals surface area (Å²) in [5.74, 6) is 0.592. The molecule has 0 aliphatic rings. The number of hydrogen-bond acceptors (Lipinski definition) is 4. The maximum Gasteiger partial charge on any atom is 0.173 e. The van der Waals surface area contributed by atoms with E-state index >= 15 is 0 Å². The minimum atomic E-state index is 0.0252. The second-order valence-electron chi connectivity index (χ2n) is 4.05. The lowest BCUT2D eigenvalue weighted by Gasteiger charge is -2.13. The van der Waals surface area contributed by atoms with E-state index in [1.54, 1.807) is 19.2 Å². The third-order valence-electron chi connectivity index (χ3n) is 2.76. The van der Waals surface area contributed by atoms with Crippen LogP contribution >= 0.6 is 0 Å². The summed E-state index contributed by atoms with van der Waals surface area (Å²) in [5, 5.41) is 11.7. The van der Waals surface area contributed by atoms with Gasteiger partial charge in [0.1, 0.15) is 5.75 Å². The lowest BCUT2D eigenvalue weighted by molar-refractivity contribution is 0.0508. The van der Waals surface area contributed by atoms with Gasteiger partial charge in [-0.2, -0.15) is 0 Å². The van der Waals surface area contributed by atoms with Crippen molar-refractivity contribution >= 4 is 5.84 Å². The monoisotopic (exact) mass is 252 g/mol. The standard InChI is InChI=1S/C13H20N2O3/c1-4-9(2)18-8-10-5-6-12(17-3)11(7-10)13(14)15-16/h5-7,9,16H,4,8H2,1-3H3,(H2,14,15). The van der Waals surface area contributed by atoms with Gasteiger partial charge in [0.2, 0.25) is 0 Å². The van der Waals surface area contributed by atoms with Crippen LogP contribution in [-0.2, 0) is 11.3 Å². The Labute approximate surface area is 107 Å². The third kappa shape index (κ3) is 3.63. The van der Waals surface area contributed by atoms with Crippen molar-refractivity contribution in [3.05, 3.63) is 29.3 Å². The second-order valence-corrected chi connectivity index (χ2v) is 4.05. The van der Waals surface area contributed by atoms with Gasteiger partial charge >= 0.3 is 0 Å². The summed E-state index contributed by atoms with van der Waals surface area (Å²) >= 11 is 0. The maximum absolute atomic E-state index is 8.73. The number of ether oxygens (including phenoxy) is 2. The number of benzene rings is 1. The first-order chi connectivity index (χ1) is 8.62. The van der Waals surface area contributed by atoms with E-state index in [4.69, 9.17) is 20.4 Å². The molecule has 0 aliphatic heterocycles. The van der Waals surface area contributed by atoms with Gasteiger partial charge in [0.25, 0.3) is 0 Å². The molecule has 18 heavy (non-hydrogen) atoms.